The standard InChI is InChI=1S/C10H17N3O5/c1-5(14)7(9(16)17)12-10(18)13-3-2-6(4-13)8(11)15/h5-7,14H,2-4H2,1H3,(H2,11,15)(H,12,18)(H,16,17). The van der Waals surface area contributed by atoms with E-state index in [0.29, 0.717) is 13.0 Å². The van der Waals surface area contributed by atoms with Gasteiger partial charge in [-0.05, 0) is 13.3 Å². The predicted molar refractivity (Wildman–Crippen MR) is 60.5 cm³/mol. The number of carbonyl (C=O) groups is 3. The number of nitrogens with two attached hydrogens (primary N) is 1. The van der Waals surface area contributed by atoms with E-state index in [4.69, 9.17) is 10.8 Å². The van der Waals surface area contributed by atoms with E-state index in [1.165, 1.54) is 11.8 Å². The first-order chi connectivity index (χ1) is 8.32. The highest BCUT2D eigenvalue weighted by Gasteiger charge is 2.32. The van der Waals surface area contributed by atoms with Crippen LogP contribution in [0.5, 0.6) is 0 Å². The average Bonchev–Trinajstić information content (AvgIpc) is 2.73. The normalized spacial score (nSPS) is 22.3. The van der Waals surface area contributed by atoms with Crippen LogP contribution >= 0.6 is 0 Å². The lowest BCUT2D eigenvalue weighted by Gasteiger charge is -2.22. The molecule has 18 heavy (non-hydrogen) atoms. The lowest BCUT2D eigenvalue weighted by atomic mass is 10.1. The zero-order valence-corrected chi connectivity index (χ0v) is 10.00. The Labute approximate surface area is 104 Å². The summed E-state index contributed by atoms with van der Waals surface area (Å²) in [5.41, 5.74) is 5.13. The summed E-state index contributed by atoms with van der Waals surface area (Å²) in [7, 11) is 0. The topological polar surface area (TPSA) is 133 Å². The summed E-state index contributed by atoms with van der Waals surface area (Å²) in [6.45, 7) is 1.79. The number of aliphatic hydroxyl groups excluding tert-OH is 1. The van der Waals surface area contributed by atoms with Gasteiger partial charge in [0, 0.05) is 13.1 Å². The number of likely N-dealkylation sites (tertiary alicyclic amines) is 1. The molecule has 1 heterocycles. The molecule has 1 aliphatic rings. The zero-order chi connectivity index (χ0) is 13.9. The Morgan fingerprint density at radius 1 is 1.44 bits per heavy atom. The molecule has 0 aromatic rings. The third-order valence-corrected chi connectivity index (χ3v) is 2.91. The fraction of sp³-hybridized carbons (Fsp3) is 0.700. The van der Waals surface area contributed by atoms with Gasteiger partial charge in [0.15, 0.2) is 6.04 Å². The van der Waals surface area contributed by atoms with E-state index in [1.54, 1.807) is 0 Å². The smallest absolute Gasteiger partial charge is 0.328 e. The zero-order valence-electron chi connectivity index (χ0n) is 10.00. The number of hydrogen-bond donors (Lipinski definition) is 4. The maximum atomic E-state index is 11.7. The average molecular weight is 259 g/mol. The van der Waals surface area contributed by atoms with Crippen molar-refractivity contribution in [1.29, 1.82) is 0 Å². The van der Waals surface area contributed by atoms with Gasteiger partial charge in [0.1, 0.15) is 0 Å². The minimum atomic E-state index is -1.37. The number of carbonyl (C=O) groups excluding carboxylic acids is 2. The van der Waals surface area contributed by atoms with E-state index in [-0.39, 0.29) is 6.54 Å². The Bertz CT molecular complexity index is 357. The number of urea groups is 1. The van der Waals surface area contributed by atoms with Crippen molar-refractivity contribution in [3.8, 4) is 0 Å². The van der Waals surface area contributed by atoms with E-state index in [9.17, 15) is 19.5 Å². The fourth-order valence-corrected chi connectivity index (χ4v) is 1.79. The molecule has 8 nitrogen and oxygen atoms in total. The number of aliphatic hydroxyl groups is 1. The number of nitrogens with zero attached hydrogens (tertiary/aromatic N) is 1. The molecular formula is C10H17N3O5. The second-order valence-electron chi connectivity index (χ2n) is 4.34. The van der Waals surface area contributed by atoms with E-state index in [1.807, 2.05) is 0 Å². The van der Waals surface area contributed by atoms with Crippen LogP contribution in [-0.2, 0) is 9.59 Å². The number of carboxylic acid groups (broad SMARTS) is 1. The van der Waals surface area contributed by atoms with E-state index in [0.717, 1.165) is 0 Å². The Morgan fingerprint density at radius 2 is 2.06 bits per heavy atom. The van der Waals surface area contributed by atoms with Crippen LogP contribution in [0.3, 0.4) is 0 Å². The molecule has 0 bridgehead atoms. The highest BCUT2D eigenvalue weighted by molar-refractivity contribution is 5.84. The molecule has 0 radical (unpaired) electrons. The van der Waals surface area contributed by atoms with Gasteiger partial charge in [0.25, 0.3) is 0 Å². The van der Waals surface area contributed by atoms with Gasteiger partial charge in [0.05, 0.1) is 12.0 Å². The molecule has 102 valence electrons. The third kappa shape index (κ3) is 3.33. The summed E-state index contributed by atoms with van der Waals surface area (Å²) in [6.07, 6.45) is -0.740. The number of amides is 3. The van der Waals surface area contributed by atoms with Crippen molar-refractivity contribution in [3.05, 3.63) is 0 Å². The fourth-order valence-electron chi connectivity index (χ4n) is 1.79. The quantitative estimate of drug-likeness (QED) is 0.479. The Kier molecular flexibility index (Phi) is 4.49. The first kappa shape index (κ1) is 14.2. The van der Waals surface area contributed by atoms with Gasteiger partial charge in [-0.1, -0.05) is 0 Å². The van der Waals surface area contributed by atoms with Crippen LogP contribution in [0, 0.1) is 5.92 Å². The maximum Gasteiger partial charge on any atom is 0.328 e. The minimum Gasteiger partial charge on any atom is -0.480 e. The van der Waals surface area contributed by atoms with Crippen LogP contribution in [0.4, 0.5) is 4.79 Å². The maximum absolute atomic E-state index is 11.7. The van der Waals surface area contributed by atoms with Crippen molar-refractivity contribution in [2.24, 2.45) is 11.7 Å². The van der Waals surface area contributed by atoms with Crippen LogP contribution in [-0.4, -0.2) is 58.3 Å². The molecule has 0 aromatic carbocycles. The largest absolute Gasteiger partial charge is 0.480 e. The summed E-state index contributed by atoms with van der Waals surface area (Å²) in [4.78, 5) is 34.8. The van der Waals surface area contributed by atoms with E-state index >= 15 is 0 Å². The molecule has 8 heteroatoms. The number of primary amides is 1. The van der Waals surface area contributed by atoms with Crippen molar-refractivity contribution in [2.75, 3.05) is 13.1 Å². The number of hydrogen-bond acceptors (Lipinski definition) is 4. The SMILES string of the molecule is CC(O)C(NC(=O)N1CCC(C(N)=O)C1)C(=O)O. The molecular weight excluding hydrogens is 242 g/mol. The highest BCUT2D eigenvalue weighted by atomic mass is 16.4. The van der Waals surface area contributed by atoms with E-state index < -0.39 is 36.0 Å². The van der Waals surface area contributed by atoms with Crippen molar-refractivity contribution < 1.29 is 24.6 Å². The van der Waals surface area contributed by atoms with Gasteiger partial charge >= 0.3 is 12.0 Å². The third-order valence-electron chi connectivity index (χ3n) is 2.91. The number of aliphatic carboxylic acids is 1. The Morgan fingerprint density at radius 3 is 2.44 bits per heavy atom. The molecule has 3 amide bonds. The predicted octanol–water partition coefficient (Wildman–Crippen LogP) is -1.66. The first-order valence-corrected chi connectivity index (χ1v) is 5.58. The van der Waals surface area contributed by atoms with Crippen molar-refractivity contribution in [1.82, 2.24) is 10.2 Å². The molecule has 1 saturated heterocycles. The number of nitrogens with one attached hydrogen (secondary N) is 1. The first-order valence-electron chi connectivity index (χ1n) is 5.58. The van der Waals surface area contributed by atoms with E-state index in [2.05, 4.69) is 5.32 Å². The van der Waals surface area contributed by atoms with Gasteiger partial charge < -0.3 is 26.2 Å². The van der Waals surface area contributed by atoms with Crippen molar-refractivity contribution in [2.45, 2.75) is 25.5 Å². The molecule has 0 spiro atoms. The van der Waals surface area contributed by atoms with Crippen LogP contribution in [0.2, 0.25) is 0 Å². The number of rotatable bonds is 4. The molecule has 1 rings (SSSR count). The second-order valence-corrected chi connectivity index (χ2v) is 4.34. The van der Waals surface area contributed by atoms with Crippen LogP contribution in [0.15, 0.2) is 0 Å². The molecule has 0 aromatic heterocycles. The Hall–Kier alpha value is -1.83. The van der Waals surface area contributed by atoms with Gasteiger partial charge in [-0.2, -0.15) is 0 Å². The van der Waals surface area contributed by atoms with Crippen LogP contribution in [0.25, 0.3) is 0 Å². The highest BCUT2D eigenvalue weighted by Crippen LogP contribution is 2.15. The van der Waals surface area contributed by atoms with Gasteiger partial charge in [-0.25, -0.2) is 9.59 Å². The molecule has 1 fully saturated rings. The minimum absolute atomic E-state index is 0.174. The molecule has 0 saturated carbocycles. The summed E-state index contributed by atoms with van der Waals surface area (Å²) in [6, 6.07) is -1.99. The molecule has 3 unspecified atom stereocenters. The summed E-state index contributed by atoms with van der Waals surface area (Å²) in [5.74, 6) is -2.19. The number of carboxylic acids is 1. The van der Waals surface area contributed by atoms with Crippen molar-refractivity contribution >= 4 is 17.9 Å². The molecule has 5 N–H and O–H groups in total. The van der Waals surface area contributed by atoms with Crippen molar-refractivity contribution in [3.63, 3.8) is 0 Å². The molecule has 1 aliphatic heterocycles. The summed E-state index contributed by atoms with van der Waals surface area (Å²) in [5, 5.41) is 20.2. The lowest BCUT2D eigenvalue weighted by Crippen LogP contribution is -2.52. The van der Waals surface area contributed by atoms with Gasteiger partial charge in [-0.3, -0.25) is 4.79 Å². The lowest BCUT2D eigenvalue weighted by molar-refractivity contribution is -0.141. The summed E-state index contributed by atoms with van der Waals surface area (Å²) >= 11 is 0. The van der Waals surface area contributed by atoms with Gasteiger partial charge in [-0.15, -0.1) is 0 Å². The Balaban J connectivity index is 2.56. The van der Waals surface area contributed by atoms with Crippen LogP contribution in [0.1, 0.15) is 13.3 Å². The molecule has 0 aliphatic carbocycles. The van der Waals surface area contributed by atoms with Gasteiger partial charge in [0.2, 0.25) is 5.91 Å². The van der Waals surface area contributed by atoms with Crippen LogP contribution < -0.4 is 11.1 Å². The molecule has 3 atom stereocenters. The second kappa shape index (κ2) is 5.67. The summed E-state index contributed by atoms with van der Waals surface area (Å²) < 4.78 is 0. The monoisotopic (exact) mass is 259 g/mol.